The monoisotopic (exact) mass is 357 g/mol. The first-order valence-corrected chi connectivity index (χ1v) is 7.48. The van der Waals surface area contributed by atoms with Crippen LogP contribution in [0.4, 0.5) is 18.9 Å². The highest BCUT2D eigenvalue weighted by Gasteiger charge is 2.33. The molecule has 10 heteroatoms. The molecule has 6 nitrogen and oxygen atoms in total. The molecule has 1 aromatic carbocycles. The zero-order chi connectivity index (χ0) is 17.9. The molecule has 0 spiro atoms. The maximum Gasteiger partial charge on any atom is 0.433 e. The first-order valence-electron chi connectivity index (χ1n) is 6.50. The number of rotatable bonds is 5. The SMILES string of the molecule is Cc1cc(C(F)(F)F)nc(SCC(=O)c2cccc([N+](=O)[O-])c2)n1. The molecule has 0 unspecified atom stereocenters. The number of alkyl halides is 3. The van der Waals surface area contributed by atoms with Crippen LogP contribution in [0.3, 0.4) is 0 Å². The van der Waals surface area contributed by atoms with Gasteiger partial charge in [-0.2, -0.15) is 13.2 Å². The van der Waals surface area contributed by atoms with Crippen LogP contribution >= 0.6 is 11.8 Å². The van der Waals surface area contributed by atoms with E-state index >= 15 is 0 Å². The lowest BCUT2D eigenvalue weighted by molar-refractivity contribution is -0.384. The fourth-order valence-electron chi connectivity index (χ4n) is 1.76. The summed E-state index contributed by atoms with van der Waals surface area (Å²) in [4.78, 5) is 29.3. The number of carbonyl (C=O) groups is 1. The summed E-state index contributed by atoms with van der Waals surface area (Å²) in [7, 11) is 0. The topological polar surface area (TPSA) is 86.0 Å². The van der Waals surface area contributed by atoms with Crippen LogP contribution in [0.25, 0.3) is 0 Å². The van der Waals surface area contributed by atoms with E-state index in [9.17, 15) is 28.1 Å². The summed E-state index contributed by atoms with van der Waals surface area (Å²) < 4.78 is 38.1. The van der Waals surface area contributed by atoms with E-state index in [2.05, 4.69) is 9.97 Å². The number of Topliss-reactive ketones (excluding diaryl/α,β-unsaturated/α-hetero) is 1. The number of nitrogens with zero attached hydrogens (tertiary/aromatic N) is 3. The Hall–Kier alpha value is -2.49. The van der Waals surface area contributed by atoms with Gasteiger partial charge in [-0.15, -0.1) is 0 Å². The Bertz CT molecular complexity index is 796. The minimum absolute atomic E-state index is 0.0976. The number of halogens is 3. The molecule has 0 saturated heterocycles. The van der Waals surface area contributed by atoms with Crippen molar-refractivity contribution in [1.82, 2.24) is 9.97 Å². The molecule has 2 aromatic rings. The lowest BCUT2D eigenvalue weighted by Gasteiger charge is -2.08. The smallest absolute Gasteiger partial charge is 0.293 e. The van der Waals surface area contributed by atoms with Crippen molar-refractivity contribution >= 4 is 23.2 Å². The van der Waals surface area contributed by atoms with E-state index in [-0.39, 0.29) is 27.9 Å². The van der Waals surface area contributed by atoms with Gasteiger partial charge in [-0.25, -0.2) is 9.97 Å². The molecule has 0 N–H and O–H groups in total. The van der Waals surface area contributed by atoms with Gasteiger partial charge in [-0.05, 0) is 13.0 Å². The van der Waals surface area contributed by atoms with Crippen LogP contribution in [0.5, 0.6) is 0 Å². The van der Waals surface area contributed by atoms with Gasteiger partial charge >= 0.3 is 6.18 Å². The number of nitro benzene ring substituents is 1. The van der Waals surface area contributed by atoms with Crippen molar-refractivity contribution in [3.63, 3.8) is 0 Å². The molecule has 0 fully saturated rings. The largest absolute Gasteiger partial charge is 0.433 e. The highest BCUT2D eigenvalue weighted by atomic mass is 32.2. The van der Waals surface area contributed by atoms with Crippen LogP contribution in [-0.4, -0.2) is 26.4 Å². The van der Waals surface area contributed by atoms with E-state index in [0.717, 1.165) is 23.9 Å². The lowest BCUT2D eigenvalue weighted by Crippen LogP contribution is -2.11. The summed E-state index contributed by atoms with van der Waals surface area (Å²) in [5, 5.41) is 10.5. The fraction of sp³-hybridized carbons (Fsp3) is 0.214. The van der Waals surface area contributed by atoms with Crippen LogP contribution < -0.4 is 0 Å². The Balaban J connectivity index is 2.13. The summed E-state index contributed by atoms with van der Waals surface area (Å²) in [6.45, 7) is 1.39. The molecule has 0 aliphatic rings. The maximum atomic E-state index is 12.7. The molecular weight excluding hydrogens is 347 g/mol. The van der Waals surface area contributed by atoms with Crippen molar-refractivity contribution in [3.8, 4) is 0 Å². The van der Waals surface area contributed by atoms with Crippen molar-refractivity contribution in [2.24, 2.45) is 0 Å². The van der Waals surface area contributed by atoms with E-state index in [4.69, 9.17) is 0 Å². The molecule has 1 heterocycles. The zero-order valence-electron chi connectivity index (χ0n) is 12.2. The third-order valence-corrected chi connectivity index (χ3v) is 3.68. The van der Waals surface area contributed by atoms with Gasteiger partial charge in [0.1, 0.15) is 5.69 Å². The van der Waals surface area contributed by atoms with Gasteiger partial charge in [0.2, 0.25) is 0 Å². The molecule has 0 saturated carbocycles. The van der Waals surface area contributed by atoms with Gasteiger partial charge in [0.15, 0.2) is 10.9 Å². The van der Waals surface area contributed by atoms with Gasteiger partial charge in [0.05, 0.1) is 10.7 Å². The van der Waals surface area contributed by atoms with E-state index in [1.807, 2.05) is 0 Å². The van der Waals surface area contributed by atoms with E-state index < -0.39 is 22.6 Å². The van der Waals surface area contributed by atoms with Crippen molar-refractivity contribution < 1.29 is 22.9 Å². The average molecular weight is 357 g/mol. The number of ketones is 1. The van der Waals surface area contributed by atoms with Crippen LogP contribution in [0.15, 0.2) is 35.5 Å². The summed E-state index contributed by atoms with van der Waals surface area (Å²) >= 11 is 0.740. The molecule has 0 atom stereocenters. The molecule has 0 bridgehead atoms. The number of nitro groups is 1. The predicted octanol–water partition coefficient (Wildman–Crippen LogP) is 3.69. The van der Waals surface area contributed by atoms with Gasteiger partial charge in [-0.3, -0.25) is 14.9 Å². The number of aromatic nitrogens is 2. The number of benzene rings is 1. The molecule has 0 amide bonds. The Morgan fingerprint density at radius 1 is 1.29 bits per heavy atom. The van der Waals surface area contributed by atoms with Gasteiger partial charge in [0.25, 0.3) is 5.69 Å². The van der Waals surface area contributed by atoms with Gasteiger partial charge in [0, 0.05) is 23.4 Å². The number of non-ortho nitro benzene ring substituents is 1. The van der Waals surface area contributed by atoms with Crippen molar-refractivity contribution in [2.75, 3.05) is 5.75 Å². The van der Waals surface area contributed by atoms with E-state index in [0.29, 0.717) is 0 Å². The molecule has 0 radical (unpaired) electrons. The maximum absolute atomic E-state index is 12.7. The lowest BCUT2D eigenvalue weighted by atomic mass is 10.1. The summed E-state index contributed by atoms with van der Waals surface area (Å²) in [5.41, 5.74) is -1.10. The highest BCUT2D eigenvalue weighted by Crippen LogP contribution is 2.29. The molecule has 0 aliphatic carbocycles. The first-order chi connectivity index (χ1) is 11.2. The van der Waals surface area contributed by atoms with Crippen LogP contribution in [-0.2, 0) is 6.18 Å². The van der Waals surface area contributed by atoms with E-state index in [1.54, 1.807) is 0 Å². The van der Waals surface area contributed by atoms with E-state index in [1.165, 1.54) is 25.1 Å². The quantitative estimate of drug-likeness (QED) is 0.267. The summed E-state index contributed by atoms with van der Waals surface area (Å²) in [6, 6.07) is 5.92. The molecule has 2 rings (SSSR count). The molecule has 24 heavy (non-hydrogen) atoms. The minimum Gasteiger partial charge on any atom is -0.293 e. The minimum atomic E-state index is -4.60. The second kappa shape index (κ2) is 6.95. The second-order valence-corrected chi connectivity index (χ2v) is 5.64. The highest BCUT2D eigenvalue weighted by molar-refractivity contribution is 7.99. The number of carbonyl (C=O) groups excluding carboxylic acids is 1. The number of thioether (sulfide) groups is 1. The molecule has 126 valence electrons. The molecule has 1 aromatic heterocycles. The fourth-order valence-corrected chi connectivity index (χ4v) is 2.56. The Kier molecular flexibility index (Phi) is 5.17. The standard InChI is InChI=1S/C14H10F3N3O3S/c1-8-5-12(14(15,16)17)19-13(18-8)24-7-11(21)9-3-2-4-10(6-9)20(22)23/h2-6H,7H2,1H3. The summed E-state index contributed by atoms with van der Waals surface area (Å²) in [5.74, 6) is -0.704. The first kappa shape index (κ1) is 17.9. The normalized spacial score (nSPS) is 11.3. The van der Waals surface area contributed by atoms with Crippen molar-refractivity contribution in [1.29, 1.82) is 0 Å². The van der Waals surface area contributed by atoms with Gasteiger partial charge in [-0.1, -0.05) is 23.9 Å². The van der Waals surface area contributed by atoms with Crippen molar-refractivity contribution in [2.45, 2.75) is 18.3 Å². The predicted molar refractivity (Wildman–Crippen MR) is 79.9 cm³/mol. The second-order valence-electron chi connectivity index (χ2n) is 4.69. The number of hydrogen-bond acceptors (Lipinski definition) is 6. The molecular formula is C14H10F3N3O3S. The van der Waals surface area contributed by atoms with Gasteiger partial charge < -0.3 is 0 Å². The average Bonchev–Trinajstić information content (AvgIpc) is 2.51. The third kappa shape index (κ3) is 4.51. The number of aryl methyl sites for hydroxylation is 1. The summed E-state index contributed by atoms with van der Waals surface area (Å²) in [6.07, 6.45) is -4.60. The Labute approximate surface area is 138 Å². The third-order valence-electron chi connectivity index (χ3n) is 2.84. The number of hydrogen-bond donors (Lipinski definition) is 0. The van der Waals surface area contributed by atoms with Crippen LogP contribution in [0.2, 0.25) is 0 Å². The Morgan fingerprint density at radius 2 is 2.00 bits per heavy atom. The van der Waals surface area contributed by atoms with Crippen LogP contribution in [0.1, 0.15) is 21.7 Å². The molecule has 0 aliphatic heterocycles. The Morgan fingerprint density at radius 3 is 2.62 bits per heavy atom. The van der Waals surface area contributed by atoms with Crippen molar-refractivity contribution in [3.05, 3.63) is 57.4 Å². The van der Waals surface area contributed by atoms with Crippen LogP contribution in [0, 0.1) is 17.0 Å². The zero-order valence-corrected chi connectivity index (χ0v) is 13.0.